The first-order chi connectivity index (χ1) is 10.3. The van der Waals surface area contributed by atoms with Crippen molar-refractivity contribution in [3.05, 3.63) is 48.9 Å². The zero-order valence-electron chi connectivity index (χ0n) is 12.2. The summed E-state index contributed by atoms with van der Waals surface area (Å²) < 4.78 is 5.00. The lowest BCUT2D eigenvalue weighted by Crippen LogP contribution is -2.24. The van der Waals surface area contributed by atoms with E-state index in [0.717, 1.165) is 24.8 Å². The number of benzene rings is 1. The molecule has 0 aliphatic carbocycles. The molecular formula is C17H22N2O2. The first-order valence-corrected chi connectivity index (χ1v) is 7.35. The van der Waals surface area contributed by atoms with Crippen LogP contribution in [0.5, 0.6) is 0 Å². The van der Waals surface area contributed by atoms with E-state index in [1.807, 2.05) is 18.3 Å². The first-order valence-electron chi connectivity index (χ1n) is 7.35. The number of aryl methyl sites for hydroxylation is 1. The Morgan fingerprint density at radius 3 is 3.05 bits per heavy atom. The highest BCUT2D eigenvalue weighted by Crippen LogP contribution is 2.19. The Morgan fingerprint density at radius 2 is 2.19 bits per heavy atom. The Labute approximate surface area is 125 Å². The summed E-state index contributed by atoms with van der Waals surface area (Å²) >= 11 is 0. The van der Waals surface area contributed by atoms with E-state index in [1.54, 1.807) is 0 Å². The molecule has 0 aliphatic rings. The van der Waals surface area contributed by atoms with Gasteiger partial charge in [-0.2, -0.15) is 0 Å². The molecule has 2 aromatic rings. The van der Waals surface area contributed by atoms with Gasteiger partial charge in [0, 0.05) is 30.1 Å². The highest BCUT2D eigenvalue weighted by Gasteiger charge is 2.05. The van der Waals surface area contributed by atoms with Crippen LogP contribution in [0.2, 0.25) is 0 Å². The molecule has 1 amide bonds. The van der Waals surface area contributed by atoms with E-state index < -0.39 is 0 Å². The second-order valence-electron chi connectivity index (χ2n) is 4.95. The summed E-state index contributed by atoms with van der Waals surface area (Å²) in [6.45, 7) is 4.72. The van der Waals surface area contributed by atoms with Gasteiger partial charge in [-0.3, -0.25) is 4.79 Å². The van der Waals surface area contributed by atoms with Crippen molar-refractivity contribution in [2.45, 2.75) is 25.7 Å². The van der Waals surface area contributed by atoms with Crippen molar-refractivity contribution in [1.82, 2.24) is 10.3 Å². The Bertz CT molecular complexity index is 589. The van der Waals surface area contributed by atoms with Crippen LogP contribution in [-0.4, -0.2) is 24.0 Å². The Balaban J connectivity index is 1.67. The molecule has 2 rings (SSSR count). The number of hydrogen-bond acceptors (Lipinski definition) is 2. The minimum Gasteiger partial charge on any atom is -0.502 e. The lowest BCUT2D eigenvalue weighted by atomic mass is 10.1. The summed E-state index contributed by atoms with van der Waals surface area (Å²) in [5, 5.41) is 4.15. The summed E-state index contributed by atoms with van der Waals surface area (Å²) in [6.07, 6.45) is 6.59. The van der Waals surface area contributed by atoms with Gasteiger partial charge in [0.2, 0.25) is 5.91 Å². The summed E-state index contributed by atoms with van der Waals surface area (Å²) in [5.74, 6) is 0.105. The van der Waals surface area contributed by atoms with Crippen molar-refractivity contribution in [2.75, 3.05) is 13.2 Å². The van der Waals surface area contributed by atoms with E-state index in [0.29, 0.717) is 19.6 Å². The molecule has 1 aromatic carbocycles. The van der Waals surface area contributed by atoms with Crippen LogP contribution in [0.3, 0.4) is 0 Å². The third-order valence-electron chi connectivity index (χ3n) is 3.40. The monoisotopic (exact) mass is 286 g/mol. The Morgan fingerprint density at radius 1 is 1.33 bits per heavy atom. The average Bonchev–Trinajstić information content (AvgIpc) is 2.91. The maximum Gasteiger partial charge on any atom is 0.220 e. The minimum absolute atomic E-state index is 0.105. The fourth-order valence-corrected chi connectivity index (χ4v) is 2.33. The number of carbonyl (C=O) groups is 1. The molecule has 0 atom stereocenters. The van der Waals surface area contributed by atoms with Crippen LogP contribution in [0.4, 0.5) is 0 Å². The van der Waals surface area contributed by atoms with Crippen molar-refractivity contribution < 1.29 is 9.53 Å². The number of ether oxygens (including phenoxy) is 1. The van der Waals surface area contributed by atoms with Crippen LogP contribution in [0, 0.1) is 0 Å². The number of hydrogen-bond donors (Lipinski definition) is 2. The predicted molar refractivity (Wildman–Crippen MR) is 85.0 cm³/mol. The summed E-state index contributed by atoms with van der Waals surface area (Å²) in [4.78, 5) is 14.9. The van der Waals surface area contributed by atoms with E-state index in [2.05, 4.69) is 29.0 Å². The topological polar surface area (TPSA) is 54.1 Å². The van der Waals surface area contributed by atoms with Crippen LogP contribution in [-0.2, 0) is 16.0 Å². The van der Waals surface area contributed by atoms with Crippen LogP contribution >= 0.6 is 0 Å². The van der Waals surface area contributed by atoms with Crippen molar-refractivity contribution in [2.24, 2.45) is 0 Å². The molecular weight excluding hydrogens is 264 g/mol. The third kappa shape index (κ3) is 4.67. The van der Waals surface area contributed by atoms with Gasteiger partial charge in [-0.1, -0.05) is 24.8 Å². The maximum atomic E-state index is 11.7. The fourth-order valence-electron chi connectivity index (χ4n) is 2.33. The molecule has 4 nitrogen and oxygen atoms in total. The first kappa shape index (κ1) is 15.2. The SMILES string of the molecule is C=COCCCNC(=O)CCCc1c[nH]c2ccccc12. The standard InChI is InChI=1S/C17H22N2O2/c1-2-21-12-6-11-18-17(20)10-5-7-14-13-19-16-9-4-3-8-15(14)16/h2-4,8-9,13,19H,1,5-7,10-12H2,(H,18,20). The van der Waals surface area contributed by atoms with Crippen molar-refractivity contribution in [3.8, 4) is 0 Å². The summed E-state index contributed by atoms with van der Waals surface area (Å²) in [6, 6.07) is 8.24. The van der Waals surface area contributed by atoms with E-state index in [1.165, 1.54) is 17.2 Å². The van der Waals surface area contributed by atoms with E-state index >= 15 is 0 Å². The number of nitrogens with one attached hydrogen (secondary N) is 2. The largest absolute Gasteiger partial charge is 0.502 e. The Kier molecular flexibility index (Phi) is 5.88. The van der Waals surface area contributed by atoms with Gasteiger partial charge in [-0.05, 0) is 30.9 Å². The van der Waals surface area contributed by atoms with Gasteiger partial charge in [-0.25, -0.2) is 0 Å². The lowest BCUT2D eigenvalue weighted by Gasteiger charge is -2.05. The molecule has 1 heterocycles. The number of aromatic nitrogens is 1. The van der Waals surface area contributed by atoms with Crippen LogP contribution < -0.4 is 5.32 Å². The number of amides is 1. The predicted octanol–water partition coefficient (Wildman–Crippen LogP) is 3.16. The number of H-pyrrole nitrogens is 1. The second-order valence-corrected chi connectivity index (χ2v) is 4.95. The van der Waals surface area contributed by atoms with Crippen molar-refractivity contribution in [1.29, 1.82) is 0 Å². The van der Waals surface area contributed by atoms with Crippen LogP contribution in [0.15, 0.2) is 43.3 Å². The smallest absolute Gasteiger partial charge is 0.220 e. The zero-order chi connectivity index (χ0) is 14.9. The van der Waals surface area contributed by atoms with Crippen molar-refractivity contribution >= 4 is 16.8 Å². The number of rotatable bonds is 9. The molecule has 0 unspecified atom stereocenters. The quantitative estimate of drug-likeness (QED) is 0.549. The molecule has 4 heteroatoms. The molecule has 0 bridgehead atoms. The molecule has 0 spiro atoms. The van der Waals surface area contributed by atoms with Crippen LogP contribution in [0.1, 0.15) is 24.8 Å². The number of carbonyl (C=O) groups excluding carboxylic acids is 1. The second kappa shape index (κ2) is 8.15. The molecule has 112 valence electrons. The molecule has 0 aliphatic heterocycles. The van der Waals surface area contributed by atoms with Crippen LogP contribution in [0.25, 0.3) is 10.9 Å². The number of para-hydroxylation sites is 1. The van der Waals surface area contributed by atoms with Gasteiger partial charge in [0.1, 0.15) is 0 Å². The molecule has 1 aromatic heterocycles. The number of fused-ring (bicyclic) bond motifs is 1. The summed E-state index contributed by atoms with van der Waals surface area (Å²) in [5.41, 5.74) is 2.43. The van der Waals surface area contributed by atoms with Gasteiger partial charge >= 0.3 is 0 Å². The van der Waals surface area contributed by atoms with Gasteiger partial charge < -0.3 is 15.0 Å². The van der Waals surface area contributed by atoms with Crippen molar-refractivity contribution in [3.63, 3.8) is 0 Å². The number of aromatic amines is 1. The molecule has 0 radical (unpaired) electrons. The molecule has 0 fully saturated rings. The minimum atomic E-state index is 0.105. The molecule has 21 heavy (non-hydrogen) atoms. The van der Waals surface area contributed by atoms with Gasteiger partial charge in [0.05, 0.1) is 12.9 Å². The van der Waals surface area contributed by atoms with E-state index in [4.69, 9.17) is 4.74 Å². The highest BCUT2D eigenvalue weighted by atomic mass is 16.5. The zero-order valence-corrected chi connectivity index (χ0v) is 12.2. The molecule has 0 saturated carbocycles. The van der Waals surface area contributed by atoms with Gasteiger partial charge in [0.15, 0.2) is 0 Å². The molecule has 0 saturated heterocycles. The fraction of sp³-hybridized carbons (Fsp3) is 0.353. The maximum absolute atomic E-state index is 11.7. The van der Waals surface area contributed by atoms with Gasteiger partial charge in [0.25, 0.3) is 0 Å². The third-order valence-corrected chi connectivity index (χ3v) is 3.40. The summed E-state index contributed by atoms with van der Waals surface area (Å²) in [7, 11) is 0. The highest BCUT2D eigenvalue weighted by molar-refractivity contribution is 5.83. The average molecular weight is 286 g/mol. The van der Waals surface area contributed by atoms with E-state index in [9.17, 15) is 4.79 Å². The lowest BCUT2D eigenvalue weighted by molar-refractivity contribution is -0.121. The Hall–Kier alpha value is -2.23. The normalized spacial score (nSPS) is 10.5. The van der Waals surface area contributed by atoms with Gasteiger partial charge in [-0.15, -0.1) is 0 Å². The van der Waals surface area contributed by atoms with E-state index in [-0.39, 0.29) is 5.91 Å². The molecule has 2 N–H and O–H groups in total.